The van der Waals surface area contributed by atoms with Crippen LogP contribution >= 0.6 is 0 Å². The molecule has 1 heterocycles. The van der Waals surface area contributed by atoms with Crippen molar-refractivity contribution in [2.45, 2.75) is 90.2 Å². The Balaban J connectivity index is 1.93. The SMILES string of the molecule is CC(=O)OC1C(=O)C2(C)C(O)CC3[B]CC3C2CC2(O)CCC(C)=C1C2(C)C. The van der Waals surface area contributed by atoms with E-state index in [1.807, 2.05) is 27.7 Å². The van der Waals surface area contributed by atoms with E-state index in [2.05, 4.69) is 7.28 Å². The number of rotatable bonds is 1. The van der Waals surface area contributed by atoms with Crippen molar-refractivity contribution in [3.63, 3.8) is 0 Å². The van der Waals surface area contributed by atoms with E-state index < -0.39 is 34.6 Å². The average molecular weight is 387 g/mol. The van der Waals surface area contributed by atoms with Gasteiger partial charge in [-0.2, -0.15) is 0 Å². The number of allylic oxidation sites excluding steroid dienone is 1. The molecule has 7 unspecified atom stereocenters. The van der Waals surface area contributed by atoms with E-state index in [1.165, 1.54) is 6.92 Å². The third kappa shape index (κ3) is 2.46. The van der Waals surface area contributed by atoms with Gasteiger partial charge in [0.25, 0.3) is 0 Å². The number of Topliss-reactive ketones (excluding diaryl/α,β-unsaturated/α-hetero) is 1. The normalized spacial score (nSPS) is 47.0. The van der Waals surface area contributed by atoms with Gasteiger partial charge in [-0.3, -0.25) is 9.59 Å². The van der Waals surface area contributed by atoms with Gasteiger partial charge in [-0.15, -0.1) is 0 Å². The van der Waals surface area contributed by atoms with E-state index in [4.69, 9.17) is 4.74 Å². The molecule has 2 saturated carbocycles. The number of ketones is 1. The first-order valence-electron chi connectivity index (χ1n) is 10.6. The number of carbonyl (C=O) groups excluding carboxylic acids is 2. The van der Waals surface area contributed by atoms with Crippen LogP contribution in [0.4, 0.5) is 0 Å². The van der Waals surface area contributed by atoms with Crippen LogP contribution in [0.3, 0.4) is 0 Å². The molecule has 3 fully saturated rings. The van der Waals surface area contributed by atoms with E-state index in [0.29, 0.717) is 37.4 Å². The molecule has 153 valence electrons. The van der Waals surface area contributed by atoms with Crippen LogP contribution in [0.5, 0.6) is 0 Å². The minimum absolute atomic E-state index is 0.124. The van der Waals surface area contributed by atoms with Gasteiger partial charge in [0.15, 0.2) is 11.9 Å². The van der Waals surface area contributed by atoms with Crippen LogP contribution in [0.1, 0.15) is 60.3 Å². The molecule has 1 radical (unpaired) electrons. The Morgan fingerprint density at radius 2 is 1.96 bits per heavy atom. The summed E-state index contributed by atoms with van der Waals surface area (Å²) in [5.74, 6) is -0.231. The quantitative estimate of drug-likeness (QED) is 0.411. The van der Waals surface area contributed by atoms with E-state index >= 15 is 0 Å². The summed E-state index contributed by atoms with van der Waals surface area (Å²) in [6.07, 6.45) is 1.46. The second-order valence-electron chi connectivity index (χ2n) is 10.3. The van der Waals surface area contributed by atoms with Gasteiger partial charge in [0.2, 0.25) is 0 Å². The minimum Gasteiger partial charge on any atom is -0.450 e. The molecule has 4 aliphatic rings. The molecule has 0 aromatic rings. The van der Waals surface area contributed by atoms with E-state index in [0.717, 1.165) is 17.5 Å². The Labute approximate surface area is 168 Å². The zero-order chi connectivity index (χ0) is 20.6. The smallest absolute Gasteiger partial charge is 0.303 e. The van der Waals surface area contributed by atoms with Gasteiger partial charge in [0.05, 0.1) is 17.1 Å². The third-order valence-electron chi connectivity index (χ3n) is 8.82. The Hall–Kier alpha value is -1.14. The van der Waals surface area contributed by atoms with Crippen LogP contribution in [0.2, 0.25) is 12.1 Å². The Morgan fingerprint density at radius 1 is 1.29 bits per heavy atom. The maximum Gasteiger partial charge on any atom is 0.303 e. The molecule has 2 N–H and O–H groups in total. The van der Waals surface area contributed by atoms with Crippen LogP contribution in [0.15, 0.2) is 11.1 Å². The van der Waals surface area contributed by atoms with Crippen molar-refractivity contribution in [3.8, 4) is 0 Å². The number of carbonyl (C=O) groups is 2. The number of hydrogen-bond donors (Lipinski definition) is 2. The highest BCUT2D eigenvalue weighted by Crippen LogP contribution is 2.64. The summed E-state index contributed by atoms with van der Waals surface area (Å²) in [5.41, 5.74) is -0.961. The molecular formula is C22H32BO5. The lowest BCUT2D eigenvalue weighted by molar-refractivity contribution is -0.183. The number of aliphatic hydroxyl groups excluding tert-OH is 1. The van der Waals surface area contributed by atoms with Crippen LogP contribution in [0, 0.1) is 22.7 Å². The number of esters is 1. The Morgan fingerprint density at radius 3 is 2.54 bits per heavy atom. The van der Waals surface area contributed by atoms with Gasteiger partial charge in [-0.05, 0) is 56.9 Å². The zero-order valence-corrected chi connectivity index (χ0v) is 17.6. The lowest BCUT2D eigenvalue weighted by atomic mass is 9.32. The summed E-state index contributed by atoms with van der Waals surface area (Å²) < 4.78 is 5.64. The molecule has 0 spiro atoms. The molecule has 2 bridgehead atoms. The molecule has 1 saturated heterocycles. The fourth-order valence-corrected chi connectivity index (χ4v) is 6.71. The third-order valence-corrected chi connectivity index (χ3v) is 8.82. The molecule has 1 aliphatic heterocycles. The first-order chi connectivity index (χ1) is 12.9. The van der Waals surface area contributed by atoms with Crippen LogP contribution in [-0.2, 0) is 14.3 Å². The molecule has 4 rings (SSSR count). The molecule has 0 amide bonds. The van der Waals surface area contributed by atoms with Gasteiger partial charge < -0.3 is 14.9 Å². The zero-order valence-electron chi connectivity index (χ0n) is 17.6. The van der Waals surface area contributed by atoms with E-state index in [9.17, 15) is 19.8 Å². The lowest BCUT2D eigenvalue weighted by Gasteiger charge is -2.62. The van der Waals surface area contributed by atoms with E-state index in [1.54, 1.807) is 0 Å². The summed E-state index contributed by atoms with van der Waals surface area (Å²) in [4.78, 5) is 25.9. The fourth-order valence-electron chi connectivity index (χ4n) is 6.71. The van der Waals surface area contributed by atoms with E-state index in [-0.39, 0.29) is 11.7 Å². The Bertz CT molecular complexity index is 758. The van der Waals surface area contributed by atoms with Crippen molar-refractivity contribution in [1.29, 1.82) is 0 Å². The van der Waals surface area contributed by atoms with Crippen LogP contribution in [-0.4, -0.2) is 47.1 Å². The Kier molecular flexibility index (Phi) is 4.45. The van der Waals surface area contributed by atoms with Gasteiger partial charge in [0, 0.05) is 12.3 Å². The highest BCUT2D eigenvalue weighted by molar-refractivity contribution is 6.42. The highest BCUT2D eigenvalue weighted by Gasteiger charge is 2.66. The summed E-state index contributed by atoms with van der Waals surface area (Å²) in [7, 11) is 2.23. The summed E-state index contributed by atoms with van der Waals surface area (Å²) in [5, 5.41) is 23.0. The molecule has 0 aromatic heterocycles. The van der Waals surface area contributed by atoms with Crippen LogP contribution < -0.4 is 0 Å². The summed E-state index contributed by atoms with van der Waals surface area (Å²) in [6.45, 7) is 9.07. The summed E-state index contributed by atoms with van der Waals surface area (Å²) in [6, 6.07) is 0. The monoisotopic (exact) mass is 387 g/mol. The lowest BCUT2D eigenvalue weighted by Crippen LogP contribution is -2.66. The molecule has 7 atom stereocenters. The first-order valence-corrected chi connectivity index (χ1v) is 10.6. The number of ether oxygens (including phenoxy) is 1. The predicted octanol–water partition coefficient (Wildman–Crippen LogP) is 2.69. The van der Waals surface area contributed by atoms with Gasteiger partial charge in [-0.1, -0.05) is 31.6 Å². The summed E-state index contributed by atoms with van der Waals surface area (Å²) >= 11 is 0. The second-order valence-corrected chi connectivity index (χ2v) is 10.3. The van der Waals surface area contributed by atoms with Crippen molar-refractivity contribution in [3.05, 3.63) is 11.1 Å². The molecule has 6 heteroatoms. The first kappa shape index (κ1) is 20.2. The molecular weight excluding hydrogens is 355 g/mol. The van der Waals surface area contributed by atoms with Crippen molar-refractivity contribution in [2.75, 3.05) is 0 Å². The van der Waals surface area contributed by atoms with Gasteiger partial charge >= 0.3 is 5.97 Å². The van der Waals surface area contributed by atoms with Crippen molar-refractivity contribution in [2.24, 2.45) is 22.7 Å². The van der Waals surface area contributed by atoms with Crippen molar-refractivity contribution in [1.82, 2.24) is 0 Å². The van der Waals surface area contributed by atoms with Gasteiger partial charge in [-0.25, -0.2) is 0 Å². The van der Waals surface area contributed by atoms with Crippen LogP contribution in [0.25, 0.3) is 0 Å². The van der Waals surface area contributed by atoms with Crippen molar-refractivity contribution >= 4 is 19.0 Å². The largest absolute Gasteiger partial charge is 0.450 e. The molecule has 3 aliphatic carbocycles. The number of aliphatic hydroxyl groups is 2. The molecule has 5 nitrogen and oxygen atoms in total. The number of fused-ring (bicyclic) bond motifs is 5. The average Bonchev–Trinajstić information content (AvgIpc) is 2.57. The predicted molar refractivity (Wildman–Crippen MR) is 106 cm³/mol. The van der Waals surface area contributed by atoms with Gasteiger partial charge in [0.1, 0.15) is 7.28 Å². The highest BCUT2D eigenvalue weighted by atomic mass is 16.5. The maximum atomic E-state index is 14.0. The minimum atomic E-state index is -1.04. The standard InChI is InChI=1S/C22H32BO5/c1-11-6-7-22(27)9-14-13-10-23-15(13)8-16(25)21(14,5)19(26)18(28-12(2)24)17(11)20(22,3)4/h13-16,18,25,27H,6-10H2,1-5H3. The maximum absolute atomic E-state index is 14.0. The fraction of sp³-hybridized carbons (Fsp3) is 0.818. The number of hydrogen-bond acceptors (Lipinski definition) is 5. The topological polar surface area (TPSA) is 83.8 Å². The molecule has 0 aromatic carbocycles. The molecule has 28 heavy (non-hydrogen) atoms. The second kappa shape index (κ2) is 6.18. The van der Waals surface area contributed by atoms with Crippen molar-refractivity contribution < 1.29 is 24.5 Å².